The third-order valence-electron chi connectivity index (χ3n) is 5.79. The lowest BCUT2D eigenvalue weighted by molar-refractivity contribution is -0.112. The number of carbonyl (C=O) groups excluding carboxylic acids is 1. The molecular formula is C20H29N5O3. The Morgan fingerprint density at radius 1 is 1.21 bits per heavy atom. The molecule has 0 aromatic carbocycles. The SMILES string of the molecule is CC(C)(O)c1nn(C2CCC(C=O)CC2)cc1-n1nccc1N1CCOCC1. The van der Waals surface area contributed by atoms with Crippen molar-refractivity contribution in [2.45, 2.75) is 51.2 Å². The molecule has 0 bridgehead atoms. The van der Waals surface area contributed by atoms with Gasteiger partial charge in [-0.3, -0.25) is 4.68 Å². The second-order valence-electron chi connectivity index (χ2n) is 8.31. The van der Waals surface area contributed by atoms with Gasteiger partial charge in [-0.15, -0.1) is 0 Å². The summed E-state index contributed by atoms with van der Waals surface area (Å²) in [7, 11) is 0. The Balaban J connectivity index is 1.68. The van der Waals surface area contributed by atoms with Gasteiger partial charge in [0.2, 0.25) is 0 Å². The molecule has 2 aromatic heterocycles. The summed E-state index contributed by atoms with van der Waals surface area (Å²) in [6.45, 7) is 6.53. The van der Waals surface area contributed by atoms with Crippen molar-refractivity contribution in [3.8, 4) is 5.69 Å². The lowest BCUT2D eigenvalue weighted by Gasteiger charge is -2.29. The second kappa shape index (κ2) is 7.67. The van der Waals surface area contributed by atoms with Gasteiger partial charge in [-0.05, 0) is 39.5 Å². The van der Waals surface area contributed by atoms with Gasteiger partial charge in [0.25, 0.3) is 0 Å². The first-order valence-corrected chi connectivity index (χ1v) is 10.1. The minimum absolute atomic E-state index is 0.166. The van der Waals surface area contributed by atoms with Gasteiger partial charge in [0, 0.05) is 25.1 Å². The van der Waals surface area contributed by atoms with Crippen molar-refractivity contribution < 1.29 is 14.6 Å². The van der Waals surface area contributed by atoms with Gasteiger partial charge in [-0.25, -0.2) is 4.68 Å². The van der Waals surface area contributed by atoms with Crippen LogP contribution in [-0.4, -0.2) is 57.3 Å². The first-order valence-electron chi connectivity index (χ1n) is 10.1. The van der Waals surface area contributed by atoms with Crippen LogP contribution in [0.5, 0.6) is 0 Å². The van der Waals surface area contributed by atoms with Crippen LogP contribution in [0.15, 0.2) is 18.5 Å². The van der Waals surface area contributed by atoms with Gasteiger partial charge in [-0.1, -0.05) is 0 Å². The summed E-state index contributed by atoms with van der Waals surface area (Å²) < 4.78 is 9.31. The number of anilines is 1. The van der Waals surface area contributed by atoms with E-state index in [0.29, 0.717) is 18.9 Å². The summed E-state index contributed by atoms with van der Waals surface area (Å²) in [4.78, 5) is 13.3. The van der Waals surface area contributed by atoms with Crippen LogP contribution in [0.3, 0.4) is 0 Å². The van der Waals surface area contributed by atoms with E-state index >= 15 is 0 Å². The van der Waals surface area contributed by atoms with Crippen molar-refractivity contribution in [2.24, 2.45) is 5.92 Å². The summed E-state index contributed by atoms with van der Waals surface area (Å²) in [5.41, 5.74) is 0.328. The number of carbonyl (C=O) groups is 1. The molecule has 3 heterocycles. The fourth-order valence-electron chi connectivity index (χ4n) is 4.18. The molecule has 8 heteroatoms. The van der Waals surface area contributed by atoms with Crippen molar-refractivity contribution in [1.82, 2.24) is 19.6 Å². The molecule has 2 aliphatic rings. The summed E-state index contributed by atoms with van der Waals surface area (Å²) in [6.07, 6.45) is 8.48. The minimum atomic E-state index is -1.09. The smallest absolute Gasteiger partial charge is 0.132 e. The molecule has 1 saturated heterocycles. The number of hydrogen-bond acceptors (Lipinski definition) is 6. The van der Waals surface area contributed by atoms with Crippen LogP contribution >= 0.6 is 0 Å². The highest BCUT2D eigenvalue weighted by atomic mass is 16.5. The van der Waals surface area contributed by atoms with Crippen LogP contribution < -0.4 is 4.90 Å². The Hall–Kier alpha value is -2.19. The second-order valence-corrected chi connectivity index (χ2v) is 8.31. The van der Waals surface area contributed by atoms with Gasteiger partial charge >= 0.3 is 0 Å². The van der Waals surface area contributed by atoms with E-state index in [0.717, 1.165) is 56.6 Å². The van der Waals surface area contributed by atoms with Gasteiger partial charge in [0.05, 0.1) is 31.6 Å². The van der Waals surface area contributed by atoms with Gasteiger partial charge in [0.15, 0.2) is 0 Å². The largest absolute Gasteiger partial charge is 0.384 e. The number of hydrogen-bond donors (Lipinski definition) is 1. The van der Waals surface area contributed by atoms with Crippen LogP contribution in [-0.2, 0) is 15.1 Å². The Labute approximate surface area is 165 Å². The molecule has 2 aromatic rings. The number of rotatable bonds is 5. The molecule has 0 amide bonds. The quantitative estimate of drug-likeness (QED) is 0.791. The number of aldehydes is 1. The Morgan fingerprint density at radius 3 is 2.57 bits per heavy atom. The molecule has 1 N–H and O–H groups in total. The molecule has 4 rings (SSSR count). The van der Waals surface area contributed by atoms with E-state index in [4.69, 9.17) is 9.84 Å². The highest BCUT2D eigenvalue weighted by Gasteiger charge is 2.30. The molecule has 1 aliphatic carbocycles. The van der Waals surface area contributed by atoms with Crippen LogP contribution in [0.25, 0.3) is 5.69 Å². The molecular weight excluding hydrogens is 358 g/mol. The zero-order chi connectivity index (χ0) is 19.7. The summed E-state index contributed by atoms with van der Waals surface area (Å²) in [6, 6.07) is 2.24. The fraction of sp³-hybridized carbons (Fsp3) is 0.650. The number of aromatic nitrogens is 4. The van der Waals surface area contributed by atoms with Gasteiger partial charge < -0.3 is 19.5 Å². The maximum Gasteiger partial charge on any atom is 0.132 e. The highest BCUT2D eigenvalue weighted by molar-refractivity contribution is 5.53. The predicted molar refractivity (Wildman–Crippen MR) is 105 cm³/mol. The maximum absolute atomic E-state index is 11.1. The zero-order valence-corrected chi connectivity index (χ0v) is 16.6. The maximum atomic E-state index is 11.1. The molecule has 1 aliphatic heterocycles. The summed E-state index contributed by atoms with van der Waals surface area (Å²) >= 11 is 0. The van der Waals surface area contributed by atoms with Crippen molar-refractivity contribution in [2.75, 3.05) is 31.2 Å². The topological polar surface area (TPSA) is 85.4 Å². The van der Waals surface area contributed by atoms with E-state index in [1.807, 2.05) is 21.6 Å². The Morgan fingerprint density at radius 2 is 1.93 bits per heavy atom. The fourth-order valence-corrected chi connectivity index (χ4v) is 4.18. The third kappa shape index (κ3) is 3.71. The van der Waals surface area contributed by atoms with Crippen molar-refractivity contribution in [3.05, 3.63) is 24.2 Å². The number of nitrogens with zero attached hydrogens (tertiary/aromatic N) is 5. The van der Waals surface area contributed by atoms with Crippen LogP contribution in [0.1, 0.15) is 51.3 Å². The lowest BCUT2D eigenvalue weighted by atomic mass is 9.87. The molecule has 2 fully saturated rings. The monoisotopic (exact) mass is 387 g/mol. The number of aliphatic hydroxyl groups is 1. The molecule has 0 radical (unpaired) electrons. The summed E-state index contributed by atoms with van der Waals surface area (Å²) in [5, 5.41) is 20.1. The normalized spacial score (nSPS) is 23.8. The van der Waals surface area contributed by atoms with Crippen molar-refractivity contribution in [3.63, 3.8) is 0 Å². The van der Waals surface area contributed by atoms with E-state index < -0.39 is 5.60 Å². The lowest BCUT2D eigenvalue weighted by Crippen LogP contribution is -2.37. The predicted octanol–water partition coefficient (Wildman–Crippen LogP) is 2.06. The Bertz CT molecular complexity index is 808. The van der Waals surface area contributed by atoms with Crippen molar-refractivity contribution >= 4 is 12.1 Å². The molecule has 1 saturated carbocycles. The third-order valence-corrected chi connectivity index (χ3v) is 5.79. The highest BCUT2D eigenvalue weighted by Crippen LogP contribution is 2.34. The van der Waals surface area contributed by atoms with E-state index in [2.05, 4.69) is 10.00 Å². The molecule has 0 unspecified atom stereocenters. The van der Waals surface area contributed by atoms with Gasteiger partial charge in [0.1, 0.15) is 29.1 Å². The van der Waals surface area contributed by atoms with E-state index in [-0.39, 0.29) is 12.0 Å². The minimum Gasteiger partial charge on any atom is -0.384 e. The first-order chi connectivity index (χ1) is 13.5. The van der Waals surface area contributed by atoms with Crippen LogP contribution in [0.2, 0.25) is 0 Å². The zero-order valence-electron chi connectivity index (χ0n) is 16.6. The van der Waals surface area contributed by atoms with E-state index in [1.165, 1.54) is 0 Å². The summed E-state index contributed by atoms with van der Waals surface area (Å²) in [5.74, 6) is 1.15. The molecule has 152 valence electrons. The first kappa shape index (κ1) is 19.1. The Kier molecular flexibility index (Phi) is 5.25. The standard InChI is InChI=1S/C20H29N5O3/c1-20(2,27)19-17(13-24(22-19)16-5-3-15(14-26)4-6-16)25-18(7-8-21-25)23-9-11-28-12-10-23/h7-8,13-16,27H,3-6,9-12H2,1-2H3. The molecule has 0 spiro atoms. The molecule has 28 heavy (non-hydrogen) atoms. The van der Waals surface area contributed by atoms with E-state index in [9.17, 15) is 9.90 Å². The average Bonchev–Trinajstić information content (AvgIpc) is 3.35. The number of morpholine rings is 1. The van der Waals surface area contributed by atoms with E-state index in [1.54, 1.807) is 20.0 Å². The van der Waals surface area contributed by atoms with Crippen molar-refractivity contribution in [1.29, 1.82) is 0 Å². The van der Waals surface area contributed by atoms with Gasteiger partial charge in [-0.2, -0.15) is 10.2 Å². The molecule has 0 atom stereocenters. The molecule has 8 nitrogen and oxygen atoms in total. The van der Waals surface area contributed by atoms with Crippen LogP contribution in [0, 0.1) is 5.92 Å². The average molecular weight is 387 g/mol. The van der Waals surface area contributed by atoms with Crippen LogP contribution in [0.4, 0.5) is 5.82 Å². The number of ether oxygens (including phenoxy) is 1.